The molecular weight excluding hydrogens is 441 g/mol. The molecular formula is C19H18ClF3N4O4. The standard InChI is InChI=1S/C19H18ClF3N4O4/c1-2-26(10-17(28)24-15-6-4-3-5-13(15)19(21,22)23)11-18(29)25-16-8-7-12(27(30)31)9-14(16)20/h3-9H,2,10-11H2,1H3,(H,24,28)(H,25,29). The molecule has 2 rings (SSSR count). The number of benzene rings is 2. The van der Waals surface area contributed by atoms with Crippen LogP contribution < -0.4 is 10.6 Å². The number of halogens is 4. The Labute approximate surface area is 180 Å². The van der Waals surface area contributed by atoms with E-state index in [-0.39, 0.29) is 41.7 Å². The van der Waals surface area contributed by atoms with Gasteiger partial charge in [-0.1, -0.05) is 30.7 Å². The van der Waals surface area contributed by atoms with Crippen LogP contribution in [0.3, 0.4) is 0 Å². The van der Waals surface area contributed by atoms with Crippen LogP contribution in [-0.4, -0.2) is 41.3 Å². The normalized spacial score (nSPS) is 11.3. The van der Waals surface area contributed by atoms with Crippen molar-refractivity contribution in [1.82, 2.24) is 4.90 Å². The van der Waals surface area contributed by atoms with Crippen molar-refractivity contribution >= 4 is 40.5 Å². The monoisotopic (exact) mass is 458 g/mol. The molecule has 8 nitrogen and oxygen atoms in total. The molecule has 2 amide bonds. The molecule has 0 unspecified atom stereocenters. The molecule has 2 N–H and O–H groups in total. The Hall–Kier alpha value is -3.18. The summed E-state index contributed by atoms with van der Waals surface area (Å²) < 4.78 is 39.1. The summed E-state index contributed by atoms with van der Waals surface area (Å²) in [6.45, 7) is 1.35. The van der Waals surface area contributed by atoms with Gasteiger partial charge in [0.25, 0.3) is 5.69 Å². The lowest BCUT2D eigenvalue weighted by Gasteiger charge is -2.20. The highest BCUT2D eigenvalue weighted by Gasteiger charge is 2.33. The molecule has 0 heterocycles. The number of non-ortho nitro benzene ring substituents is 1. The van der Waals surface area contributed by atoms with Crippen LogP contribution in [0.1, 0.15) is 12.5 Å². The zero-order valence-corrected chi connectivity index (χ0v) is 17.0. The third-order valence-electron chi connectivity index (χ3n) is 4.13. The molecule has 0 aliphatic carbocycles. The van der Waals surface area contributed by atoms with Gasteiger partial charge in [0.15, 0.2) is 0 Å². The van der Waals surface area contributed by atoms with Crippen molar-refractivity contribution in [2.75, 3.05) is 30.3 Å². The van der Waals surface area contributed by atoms with E-state index in [1.54, 1.807) is 6.92 Å². The second kappa shape index (κ2) is 10.2. The van der Waals surface area contributed by atoms with Gasteiger partial charge in [0.1, 0.15) is 0 Å². The Bertz CT molecular complexity index is 985. The summed E-state index contributed by atoms with van der Waals surface area (Å²) in [5.74, 6) is -1.28. The van der Waals surface area contributed by atoms with Gasteiger partial charge in [-0.25, -0.2) is 0 Å². The number of likely N-dealkylation sites (N-methyl/N-ethyl adjacent to an activating group) is 1. The SMILES string of the molecule is CCN(CC(=O)Nc1ccc([N+](=O)[O-])cc1Cl)CC(=O)Nc1ccccc1C(F)(F)F. The highest BCUT2D eigenvalue weighted by atomic mass is 35.5. The van der Waals surface area contributed by atoms with Crippen molar-refractivity contribution in [3.05, 3.63) is 63.2 Å². The van der Waals surface area contributed by atoms with Crippen LogP contribution in [0.2, 0.25) is 5.02 Å². The van der Waals surface area contributed by atoms with E-state index in [1.165, 1.54) is 29.2 Å². The molecule has 166 valence electrons. The number of nitrogens with zero attached hydrogens (tertiary/aromatic N) is 2. The summed E-state index contributed by atoms with van der Waals surface area (Å²) in [7, 11) is 0. The first kappa shape index (κ1) is 24.1. The van der Waals surface area contributed by atoms with Gasteiger partial charge in [0.2, 0.25) is 11.8 Å². The van der Waals surface area contributed by atoms with E-state index in [2.05, 4.69) is 10.6 Å². The number of para-hydroxylation sites is 1. The molecule has 0 fully saturated rings. The van der Waals surface area contributed by atoms with Crippen LogP contribution in [0.4, 0.5) is 30.2 Å². The van der Waals surface area contributed by atoms with Crippen LogP contribution in [0.15, 0.2) is 42.5 Å². The van der Waals surface area contributed by atoms with Gasteiger partial charge in [-0.15, -0.1) is 0 Å². The lowest BCUT2D eigenvalue weighted by molar-refractivity contribution is -0.384. The third-order valence-corrected chi connectivity index (χ3v) is 4.44. The molecule has 0 saturated carbocycles. The summed E-state index contributed by atoms with van der Waals surface area (Å²) in [5, 5.41) is 15.4. The zero-order valence-electron chi connectivity index (χ0n) is 16.2. The molecule has 0 spiro atoms. The first-order chi connectivity index (χ1) is 14.5. The Kier molecular flexibility index (Phi) is 7.95. The second-order valence-corrected chi connectivity index (χ2v) is 6.77. The number of anilines is 2. The minimum Gasteiger partial charge on any atom is -0.324 e. The number of amides is 2. The summed E-state index contributed by atoms with van der Waals surface area (Å²) >= 11 is 5.93. The fourth-order valence-corrected chi connectivity index (χ4v) is 2.85. The van der Waals surface area contributed by atoms with Gasteiger partial charge in [0, 0.05) is 12.1 Å². The van der Waals surface area contributed by atoms with Crippen molar-refractivity contribution in [1.29, 1.82) is 0 Å². The summed E-state index contributed by atoms with van der Waals surface area (Å²) in [5.41, 5.74) is -1.44. The zero-order chi connectivity index (χ0) is 23.2. The van der Waals surface area contributed by atoms with Gasteiger partial charge in [-0.3, -0.25) is 24.6 Å². The minimum absolute atomic E-state index is 0.0351. The van der Waals surface area contributed by atoms with E-state index in [9.17, 15) is 32.9 Å². The number of carbonyl (C=O) groups is 2. The van der Waals surface area contributed by atoms with Crippen molar-refractivity contribution < 1.29 is 27.7 Å². The molecule has 2 aromatic rings. The van der Waals surface area contributed by atoms with Crippen LogP contribution >= 0.6 is 11.6 Å². The van der Waals surface area contributed by atoms with Crippen LogP contribution in [0.25, 0.3) is 0 Å². The molecule has 0 atom stereocenters. The fourth-order valence-electron chi connectivity index (χ4n) is 2.62. The molecule has 2 aromatic carbocycles. The highest BCUT2D eigenvalue weighted by molar-refractivity contribution is 6.34. The van der Waals surface area contributed by atoms with Gasteiger partial charge < -0.3 is 10.6 Å². The minimum atomic E-state index is -4.63. The third kappa shape index (κ3) is 6.93. The first-order valence-electron chi connectivity index (χ1n) is 8.93. The number of hydrogen-bond donors (Lipinski definition) is 2. The first-order valence-corrected chi connectivity index (χ1v) is 9.31. The fraction of sp³-hybridized carbons (Fsp3) is 0.263. The second-order valence-electron chi connectivity index (χ2n) is 6.36. The molecule has 31 heavy (non-hydrogen) atoms. The van der Waals surface area contributed by atoms with Crippen molar-refractivity contribution in [3.8, 4) is 0 Å². The maximum Gasteiger partial charge on any atom is 0.418 e. The van der Waals surface area contributed by atoms with E-state index >= 15 is 0 Å². The Morgan fingerprint density at radius 3 is 2.16 bits per heavy atom. The number of carbonyl (C=O) groups excluding carboxylic acids is 2. The number of nitro groups is 1. The molecule has 0 aliphatic rings. The molecule has 0 bridgehead atoms. The Morgan fingerprint density at radius 2 is 1.65 bits per heavy atom. The van der Waals surface area contributed by atoms with Crippen LogP contribution in [0, 0.1) is 10.1 Å². The van der Waals surface area contributed by atoms with Gasteiger partial charge in [0.05, 0.1) is 40.0 Å². The number of hydrogen-bond acceptors (Lipinski definition) is 5. The number of nitrogens with one attached hydrogen (secondary N) is 2. The van der Waals surface area contributed by atoms with Gasteiger partial charge in [-0.05, 0) is 24.7 Å². The lowest BCUT2D eigenvalue weighted by Crippen LogP contribution is -2.38. The number of rotatable bonds is 8. The average Bonchev–Trinajstić information content (AvgIpc) is 2.68. The van der Waals surface area contributed by atoms with Gasteiger partial charge >= 0.3 is 6.18 Å². The van der Waals surface area contributed by atoms with Gasteiger partial charge in [-0.2, -0.15) is 13.2 Å². The summed E-state index contributed by atoms with van der Waals surface area (Å²) in [6, 6.07) is 8.10. The topological polar surface area (TPSA) is 105 Å². The van der Waals surface area contributed by atoms with Crippen molar-refractivity contribution in [3.63, 3.8) is 0 Å². The lowest BCUT2D eigenvalue weighted by atomic mass is 10.1. The van der Waals surface area contributed by atoms with Crippen molar-refractivity contribution in [2.45, 2.75) is 13.1 Å². The number of alkyl halides is 3. The van der Waals surface area contributed by atoms with Crippen LogP contribution in [0.5, 0.6) is 0 Å². The largest absolute Gasteiger partial charge is 0.418 e. The molecule has 0 aromatic heterocycles. The molecule has 12 heteroatoms. The van der Waals surface area contributed by atoms with E-state index < -0.39 is 28.5 Å². The smallest absolute Gasteiger partial charge is 0.324 e. The summed E-state index contributed by atoms with van der Waals surface area (Å²) in [4.78, 5) is 36.0. The summed E-state index contributed by atoms with van der Waals surface area (Å²) in [6.07, 6.45) is -4.63. The van der Waals surface area contributed by atoms with E-state index in [4.69, 9.17) is 11.6 Å². The molecule has 0 aliphatic heterocycles. The van der Waals surface area contributed by atoms with E-state index in [0.717, 1.165) is 18.2 Å². The molecule has 0 radical (unpaired) electrons. The average molecular weight is 459 g/mol. The van der Waals surface area contributed by atoms with Crippen LogP contribution in [-0.2, 0) is 15.8 Å². The predicted molar refractivity (Wildman–Crippen MR) is 109 cm³/mol. The van der Waals surface area contributed by atoms with E-state index in [0.29, 0.717) is 0 Å². The van der Waals surface area contributed by atoms with E-state index in [1.807, 2.05) is 0 Å². The van der Waals surface area contributed by atoms with Crippen molar-refractivity contribution in [2.24, 2.45) is 0 Å². The number of nitro benzene ring substituents is 1. The Morgan fingerprint density at radius 1 is 1.06 bits per heavy atom. The quantitative estimate of drug-likeness (QED) is 0.456. The maximum absolute atomic E-state index is 13.0. The Balaban J connectivity index is 1.99. The predicted octanol–water partition coefficient (Wildman–Crippen LogP) is 4.17. The molecule has 0 saturated heterocycles. The maximum atomic E-state index is 13.0. The highest BCUT2D eigenvalue weighted by Crippen LogP contribution is 2.34.